The van der Waals surface area contributed by atoms with Gasteiger partial charge in [0.1, 0.15) is 11.5 Å². The van der Waals surface area contributed by atoms with E-state index in [-0.39, 0.29) is 5.78 Å². The molecule has 2 nitrogen and oxygen atoms in total. The first-order valence-electron chi connectivity index (χ1n) is 5.39. The number of ketones is 1. The molecule has 1 aromatic rings. The molecule has 0 bridgehead atoms. The fraction of sp³-hybridized carbons (Fsp3) is 0.462. The summed E-state index contributed by atoms with van der Waals surface area (Å²) in [7, 11) is 0. The summed E-state index contributed by atoms with van der Waals surface area (Å²) in [5.74, 6) is 1.94. The number of hydrogen-bond donors (Lipinski definition) is 0. The molecule has 0 fully saturated rings. The number of alkyl halides is 1. The molecule has 0 aliphatic heterocycles. The van der Waals surface area contributed by atoms with Crippen molar-refractivity contribution in [3.05, 3.63) is 29.8 Å². The van der Waals surface area contributed by atoms with Crippen LogP contribution in [0.2, 0.25) is 0 Å². The van der Waals surface area contributed by atoms with E-state index in [2.05, 4.69) is 0 Å². The average Bonchev–Trinajstić information content (AvgIpc) is 2.27. The van der Waals surface area contributed by atoms with Crippen LogP contribution in [0.1, 0.15) is 19.4 Å². The molecule has 0 heterocycles. The lowest BCUT2D eigenvalue weighted by molar-refractivity contribution is -0.116. The molecule has 0 saturated carbocycles. The van der Waals surface area contributed by atoms with Gasteiger partial charge in [0.2, 0.25) is 0 Å². The van der Waals surface area contributed by atoms with Crippen LogP contribution in [0.15, 0.2) is 24.3 Å². The lowest BCUT2D eigenvalue weighted by atomic mass is 10.1. The van der Waals surface area contributed by atoms with Gasteiger partial charge < -0.3 is 4.74 Å². The Labute approximate surface area is 102 Å². The van der Waals surface area contributed by atoms with Crippen molar-refractivity contribution < 1.29 is 9.53 Å². The molecule has 0 spiro atoms. The maximum Gasteiger partial charge on any atom is 0.134 e. The highest BCUT2D eigenvalue weighted by Crippen LogP contribution is 2.14. The zero-order chi connectivity index (χ0) is 12.0. The molecule has 0 aliphatic rings. The maximum atomic E-state index is 10.9. The third-order valence-electron chi connectivity index (χ3n) is 2.17. The summed E-state index contributed by atoms with van der Waals surface area (Å²) < 4.78 is 5.55. The molecule has 0 amide bonds. The molecule has 1 rings (SSSR count). The van der Waals surface area contributed by atoms with Crippen LogP contribution in [0.5, 0.6) is 5.75 Å². The predicted octanol–water partition coefficient (Wildman–Crippen LogP) is 3.07. The Bertz CT molecular complexity index is 332. The second-order valence-corrected chi connectivity index (χ2v) is 4.40. The Morgan fingerprint density at radius 3 is 2.50 bits per heavy atom. The molecule has 0 N–H and O–H groups in total. The van der Waals surface area contributed by atoms with Gasteiger partial charge in [0, 0.05) is 18.2 Å². The van der Waals surface area contributed by atoms with Gasteiger partial charge in [-0.3, -0.25) is 4.79 Å². The van der Waals surface area contributed by atoms with Crippen LogP contribution in [-0.2, 0) is 11.2 Å². The van der Waals surface area contributed by atoms with E-state index in [0.717, 1.165) is 11.3 Å². The molecule has 0 saturated heterocycles. The number of carbonyl (C=O) groups excluding carboxylic acids is 1. The Morgan fingerprint density at radius 2 is 2.00 bits per heavy atom. The van der Waals surface area contributed by atoms with Gasteiger partial charge in [-0.2, -0.15) is 0 Å². The van der Waals surface area contributed by atoms with Crippen LogP contribution < -0.4 is 4.74 Å². The van der Waals surface area contributed by atoms with Gasteiger partial charge in [0.05, 0.1) is 6.61 Å². The van der Waals surface area contributed by atoms with Gasteiger partial charge in [-0.25, -0.2) is 0 Å². The van der Waals surface area contributed by atoms with Crippen molar-refractivity contribution >= 4 is 17.4 Å². The lowest BCUT2D eigenvalue weighted by Crippen LogP contribution is -2.09. The van der Waals surface area contributed by atoms with E-state index in [1.54, 1.807) is 6.92 Å². The van der Waals surface area contributed by atoms with E-state index in [1.165, 1.54) is 0 Å². The Balaban J connectivity index is 2.48. The third-order valence-corrected chi connectivity index (χ3v) is 2.70. The highest BCUT2D eigenvalue weighted by Gasteiger charge is 2.02. The fourth-order valence-electron chi connectivity index (χ4n) is 1.27. The second kappa shape index (κ2) is 6.54. The third kappa shape index (κ3) is 4.67. The molecule has 88 valence electrons. The number of rotatable bonds is 6. The summed E-state index contributed by atoms with van der Waals surface area (Å²) in [5.41, 5.74) is 1.02. The molecule has 3 heteroatoms. The monoisotopic (exact) mass is 240 g/mol. The minimum absolute atomic E-state index is 0.171. The fourth-order valence-corrected chi connectivity index (χ4v) is 1.36. The quantitative estimate of drug-likeness (QED) is 0.715. The summed E-state index contributed by atoms with van der Waals surface area (Å²) >= 11 is 5.68. The number of Topliss-reactive ketones (excluding diaryl/α,β-unsaturated/α-hetero) is 1. The minimum atomic E-state index is 0.171. The second-order valence-electron chi connectivity index (χ2n) is 4.09. The van der Waals surface area contributed by atoms with Gasteiger partial charge in [-0.05, 0) is 24.6 Å². The largest absolute Gasteiger partial charge is 0.493 e. The van der Waals surface area contributed by atoms with Gasteiger partial charge in [-0.15, -0.1) is 11.6 Å². The van der Waals surface area contributed by atoms with Crippen molar-refractivity contribution in [2.45, 2.75) is 20.3 Å². The van der Waals surface area contributed by atoms with E-state index in [1.807, 2.05) is 31.2 Å². The zero-order valence-corrected chi connectivity index (χ0v) is 10.5. The molecule has 0 aliphatic carbocycles. The van der Waals surface area contributed by atoms with Crippen molar-refractivity contribution in [3.63, 3.8) is 0 Å². The molecule has 1 atom stereocenters. The van der Waals surface area contributed by atoms with Crippen molar-refractivity contribution in [3.8, 4) is 5.75 Å². The van der Waals surface area contributed by atoms with Crippen LogP contribution in [0, 0.1) is 5.92 Å². The molecule has 1 aromatic carbocycles. The summed E-state index contributed by atoms with van der Waals surface area (Å²) in [6.45, 7) is 4.25. The van der Waals surface area contributed by atoms with Crippen LogP contribution in [0.3, 0.4) is 0 Å². The Hall–Kier alpha value is -1.02. The number of ether oxygens (including phenoxy) is 1. The van der Waals surface area contributed by atoms with Gasteiger partial charge in [0.25, 0.3) is 0 Å². The summed E-state index contributed by atoms with van der Waals surface area (Å²) in [6, 6.07) is 7.61. The predicted molar refractivity (Wildman–Crippen MR) is 66.2 cm³/mol. The highest BCUT2D eigenvalue weighted by atomic mass is 35.5. The molecule has 0 aromatic heterocycles. The smallest absolute Gasteiger partial charge is 0.134 e. The van der Waals surface area contributed by atoms with Crippen LogP contribution >= 0.6 is 11.6 Å². The van der Waals surface area contributed by atoms with Gasteiger partial charge in [-0.1, -0.05) is 19.1 Å². The number of halogens is 1. The Kier molecular flexibility index (Phi) is 5.33. The van der Waals surface area contributed by atoms with E-state index < -0.39 is 0 Å². The summed E-state index contributed by atoms with van der Waals surface area (Å²) in [5, 5.41) is 0. The highest BCUT2D eigenvalue weighted by molar-refractivity contribution is 6.18. The molecular weight excluding hydrogens is 224 g/mol. The van der Waals surface area contributed by atoms with Gasteiger partial charge in [0.15, 0.2) is 0 Å². The summed E-state index contributed by atoms with van der Waals surface area (Å²) in [4.78, 5) is 10.9. The van der Waals surface area contributed by atoms with Crippen molar-refractivity contribution in [1.82, 2.24) is 0 Å². The van der Waals surface area contributed by atoms with Crippen LogP contribution in [-0.4, -0.2) is 18.3 Å². The maximum absolute atomic E-state index is 10.9. The first-order chi connectivity index (χ1) is 7.61. The number of hydrogen-bond acceptors (Lipinski definition) is 2. The molecule has 0 radical (unpaired) electrons. The average molecular weight is 241 g/mol. The van der Waals surface area contributed by atoms with Gasteiger partial charge >= 0.3 is 0 Å². The van der Waals surface area contributed by atoms with Crippen molar-refractivity contribution in [1.29, 1.82) is 0 Å². The summed E-state index contributed by atoms with van der Waals surface area (Å²) in [6.07, 6.45) is 0.484. The molecule has 1 unspecified atom stereocenters. The van der Waals surface area contributed by atoms with Crippen molar-refractivity contribution in [2.75, 3.05) is 12.5 Å². The molecule has 16 heavy (non-hydrogen) atoms. The van der Waals surface area contributed by atoms with E-state index in [0.29, 0.717) is 24.8 Å². The first kappa shape index (κ1) is 13.0. The first-order valence-corrected chi connectivity index (χ1v) is 5.92. The van der Waals surface area contributed by atoms with Crippen LogP contribution in [0.25, 0.3) is 0 Å². The lowest BCUT2D eigenvalue weighted by Gasteiger charge is -2.10. The SMILES string of the molecule is CC(=O)Cc1ccc(OCC(C)CCl)cc1. The molecular formula is C13H17ClO2. The minimum Gasteiger partial charge on any atom is -0.493 e. The van der Waals surface area contributed by atoms with Crippen LogP contribution in [0.4, 0.5) is 0 Å². The van der Waals surface area contributed by atoms with Crippen molar-refractivity contribution in [2.24, 2.45) is 5.92 Å². The number of carbonyl (C=O) groups is 1. The Morgan fingerprint density at radius 1 is 1.38 bits per heavy atom. The number of benzene rings is 1. The zero-order valence-electron chi connectivity index (χ0n) is 9.70. The normalized spacial score (nSPS) is 12.2. The standard InChI is InChI=1S/C13H17ClO2/c1-10(8-14)9-16-13-5-3-12(4-6-13)7-11(2)15/h3-6,10H,7-9H2,1-2H3. The van der Waals surface area contributed by atoms with E-state index >= 15 is 0 Å². The topological polar surface area (TPSA) is 26.3 Å². The van der Waals surface area contributed by atoms with E-state index in [4.69, 9.17) is 16.3 Å². The van der Waals surface area contributed by atoms with E-state index in [9.17, 15) is 4.79 Å².